The van der Waals surface area contributed by atoms with Crippen LogP contribution in [0.2, 0.25) is 0 Å². The highest BCUT2D eigenvalue weighted by atomic mass is 16.6. The summed E-state index contributed by atoms with van der Waals surface area (Å²) in [6.07, 6.45) is -1.46. The highest BCUT2D eigenvalue weighted by molar-refractivity contribution is 6.02. The van der Waals surface area contributed by atoms with Crippen LogP contribution in [-0.4, -0.2) is 42.9 Å². The lowest BCUT2D eigenvalue weighted by Crippen LogP contribution is -2.47. The summed E-state index contributed by atoms with van der Waals surface area (Å²) in [7, 11) is 1.98. The molecular formula is C20H32N4O4. The van der Waals surface area contributed by atoms with E-state index in [-0.39, 0.29) is 5.96 Å². The predicted octanol–water partition coefficient (Wildman–Crippen LogP) is 4.18. The van der Waals surface area contributed by atoms with Crippen molar-refractivity contribution in [3.05, 3.63) is 24.3 Å². The summed E-state index contributed by atoms with van der Waals surface area (Å²) < 4.78 is 10.4. The standard InChI is InChI=1S/C20H32N4O4/c1-9-24(8)15-12-10-14(11-13-15)21-16(22-17(25)27-19(2,3)4)23-18(26)28-20(5,6)7/h10-13H,9H2,1-8H3,(H2,21,22,23,25,26). The number of anilines is 1. The number of carbonyl (C=O) groups excluding carboxylic acids is 2. The molecule has 1 aromatic carbocycles. The van der Waals surface area contributed by atoms with Crippen LogP contribution < -0.4 is 15.5 Å². The summed E-state index contributed by atoms with van der Waals surface area (Å²) in [5.74, 6) is -0.0832. The number of benzene rings is 1. The molecule has 8 nitrogen and oxygen atoms in total. The fourth-order valence-corrected chi connectivity index (χ4v) is 1.98. The molecule has 0 saturated carbocycles. The number of nitrogens with zero attached hydrogens (tertiary/aromatic N) is 2. The third kappa shape index (κ3) is 9.25. The van der Waals surface area contributed by atoms with Gasteiger partial charge >= 0.3 is 12.2 Å². The second-order valence-corrected chi connectivity index (χ2v) is 8.24. The van der Waals surface area contributed by atoms with Crippen molar-refractivity contribution in [1.82, 2.24) is 10.6 Å². The fraction of sp³-hybridized carbons (Fsp3) is 0.550. The van der Waals surface area contributed by atoms with Gasteiger partial charge < -0.3 is 14.4 Å². The van der Waals surface area contributed by atoms with E-state index in [1.807, 2.05) is 19.2 Å². The molecule has 0 unspecified atom stereocenters. The van der Waals surface area contributed by atoms with Crippen LogP contribution in [0.5, 0.6) is 0 Å². The maximum Gasteiger partial charge on any atom is 0.414 e. The first-order valence-corrected chi connectivity index (χ1v) is 9.19. The lowest BCUT2D eigenvalue weighted by Gasteiger charge is -2.22. The van der Waals surface area contributed by atoms with Gasteiger partial charge in [0, 0.05) is 19.3 Å². The Kier molecular flexibility index (Phi) is 7.84. The molecular weight excluding hydrogens is 360 g/mol. The Morgan fingerprint density at radius 1 is 0.929 bits per heavy atom. The second kappa shape index (κ2) is 9.43. The lowest BCUT2D eigenvalue weighted by atomic mass is 10.2. The number of rotatable bonds is 3. The number of alkyl carbamates (subject to hydrolysis) is 2. The van der Waals surface area contributed by atoms with Crippen molar-refractivity contribution in [3.8, 4) is 0 Å². The normalized spacial score (nSPS) is 11.3. The van der Waals surface area contributed by atoms with Gasteiger partial charge in [0.15, 0.2) is 0 Å². The average molecular weight is 393 g/mol. The molecule has 0 bridgehead atoms. The van der Waals surface area contributed by atoms with Crippen molar-refractivity contribution < 1.29 is 19.1 Å². The maximum atomic E-state index is 12.1. The first-order valence-electron chi connectivity index (χ1n) is 9.19. The quantitative estimate of drug-likeness (QED) is 0.595. The number of carbonyl (C=O) groups is 2. The Morgan fingerprint density at radius 3 is 1.71 bits per heavy atom. The van der Waals surface area contributed by atoms with Crippen molar-refractivity contribution in [1.29, 1.82) is 0 Å². The highest BCUT2D eigenvalue weighted by Gasteiger charge is 2.21. The smallest absolute Gasteiger partial charge is 0.414 e. The number of ether oxygens (including phenoxy) is 2. The van der Waals surface area contributed by atoms with E-state index >= 15 is 0 Å². The van der Waals surface area contributed by atoms with Gasteiger partial charge in [-0.05, 0) is 72.7 Å². The molecule has 0 fully saturated rings. The zero-order valence-corrected chi connectivity index (χ0v) is 18.0. The van der Waals surface area contributed by atoms with Gasteiger partial charge in [0.2, 0.25) is 5.96 Å². The van der Waals surface area contributed by atoms with Gasteiger partial charge in [-0.3, -0.25) is 10.6 Å². The van der Waals surface area contributed by atoms with E-state index in [0.29, 0.717) is 5.69 Å². The molecule has 1 rings (SSSR count). The van der Waals surface area contributed by atoms with Crippen molar-refractivity contribution in [2.45, 2.75) is 59.7 Å². The SMILES string of the molecule is CCN(C)c1ccc(N=C(NC(=O)OC(C)(C)C)NC(=O)OC(C)(C)C)cc1. The largest absolute Gasteiger partial charge is 0.444 e. The Balaban J connectivity index is 3.02. The molecule has 0 radical (unpaired) electrons. The average Bonchev–Trinajstić information content (AvgIpc) is 2.50. The van der Waals surface area contributed by atoms with E-state index in [4.69, 9.17) is 9.47 Å². The molecule has 1 aromatic rings. The Hall–Kier alpha value is -2.77. The van der Waals surface area contributed by atoms with Crippen LogP contribution in [0.3, 0.4) is 0 Å². The second-order valence-electron chi connectivity index (χ2n) is 8.24. The number of hydrogen-bond donors (Lipinski definition) is 2. The molecule has 0 aliphatic heterocycles. The summed E-state index contributed by atoms with van der Waals surface area (Å²) in [6.45, 7) is 13.4. The lowest BCUT2D eigenvalue weighted by molar-refractivity contribution is 0.0545. The maximum absolute atomic E-state index is 12.1. The van der Waals surface area contributed by atoms with Crippen LogP contribution in [0.25, 0.3) is 0 Å². The van der Waals surface area contributed by atoms with E-state index in [1.165, 1.54) is 0 Å². The van der Waals surface area contributed by atoms with Gasteiger partial charge in [-0.1, -0.05) is 0 Å². The van der Waals surface area contributed by atoms with Crippen molar-refractivity contribution >= 4 is 29.5 Å². The molecule has 8 heteroatoms. The molecule has 0 aliphatic carbocycles. The predicted molar refractivity (Wildman–Crippen MR) is 111 cm³/mol. The van der Waals surface area contributed by atoms with Gasteiger partial charge in [0.1, 0.15) is 11.2 Å². The first-order chi connectivity index (χ1) is 12.8. The zero-order valence-electron chi connectivity index (χ0n) is 18.0. The van der Waals surface area contributed by atoms with Gasteiger partial charge in [-0.2, -0.15) is 0 Å². The molecule has 2 N–H and O–H groups in total. The van der Waals surface area contributed by atoms with Gasteiger partial charge in [-0.15, -0.1) is 0 Å². The van der Waals surface area contributed by atoms with E-state index < -0.39 is 23.4 Å². The van der Waals surface area contributed by atoms with Crippen LogP contribution in [-0.2, 0) is 9.47 Å². The highest BCUT2D eigenvalue weighted by Crippen LogP contribution is 2.19. The van der Waals surface area contributed by atoms with Crippen molar-refractivity contribution in [2.24, 2.45) is 4.99 Å². The number of amides is 2. The number of hydrogen-bond acceptors (Lipinski definition) is 6. The summed E-state index contributed by atoms with van der Waals surface area (Å²) >= 11 is 0. The van der Waals surface area contributed by atoms with Crippen LogP contribution in [0.1, 0.15) is 48.5 Å². The molecule has 0 aromatic heterocycles. The zero-order chi connectivity index (χ0) is 21.5. The van der Waals surface area contributed by atoms with Crippen LogP contribution in [0, 0.1) is 0 Å². The summed E-state index contributed by atoms with van der Waals surface area (Å²) in [6, 6.07) is 7.38. The summed E-state index contributed by atoms with van der Waals surface area (Å²) in [5, 5.41) is 4.91. The van der Waals surface area contributed by atoms with Crippen LogP contribution in [0.4, 0.5) is 21.0 Å². The summed E-state index contributed by atoms with van der Waals surface area (Å²) in [5.41, 5.74) is 0.208. The van der Waals surface area contributed by atoms with Crippen LogP contribution >= 0.6 is 0 Å². The Morgan fingerprint density at radius 2 is 1.36 bits per heavy atom. The fourth-order valence-electron chi connectivity index (χ4n) is 1.98. The van der Waals surface area contributed by atoms with Gasteiger partial charge in [0.25, 0.3) is 0 Å². The molecule has 0 spiro atoms. The minimum atomic E-state index is -0.732. The van der Waals surface area contributed by atoms with Gasteiger partial charge in [-0.25, -0.2) is 14.6 Å². The monoisotopic (exact) mass is 392 g/mol. The molecule has 28 heavy (non-hydrogen) atoms. The topological polar surface area (TPSA) is 92.3 Å². The molecule has 0 heterocycles. The molecule has 0 aliphatic rings. The minimum Gasteiger partial charge on any atom is -0.444 e. The Bertz CT molecular complexity index is 668. The summed E-state index contributed by atoms with van der Waals surface area (Å²) in [4.78, 5) is 30.6. The minimum absolute atomic E-state index is 0.0832. The van der Waals surface area contributed by atoms with Crippen LogP contribution in [0.15, 0.2) is 29.3 Å². The van der Waals surface area contributed by atoms with E-state index in [1.54, 1.807) is 53.7 Å². The number of nitrogens with one attached hydrogen (secondary N) is 2. The molecule has 0 saturated heterocycles. The molecule has 156 valence electrons. The van der Waals surface area contributed by atoms with E-state index in [2.05, 4.69) is 27.4 Å². The van der Waals surface area contributed by atoms with Crippen molar-refractivity contribution in [3.63, 3.8) is 0 Å². The molecule has 2 amide bonds. The van der Waals surface area contributed by atoms with Gasteiger partial charge in [0.05, 0.1) is 5.69 Å². The number of guanidine groups is 1. The third-order valence-electron chi connectivity index (χ3n) is 3.24. The third-order valence-corrected chi connectivity index (χ3v) is 3.24. The molecule has 0 atom stereocenters. The van der Waals surface area contributed by atoms with E-state index in [9.17, 15) is 9.59 Å². The van der Waals surface area contributed by atoms with Crippen molar-refractivity contribution in [2.75, 3.05) is 18.5 Å². The number of aliphatic imine (C=N–C) groups is 1. The Labute approximate surface area is 167 Å². The van der Waals surface area contributed by atoms with E-state index in [0.717, 1.165) is 12.2 Å². The first kappa shape index (κ1) is 23.3.